The van der Waals surface area contributed by atoms with Crippen LogP contribution in [0.2, 0.25) is 5.02 Å². The standard InChI is InChI=1S/C22H17ClN2O/c23-20-14-12-19(13-15-20)22(26)25-24-21(18-9-5-2-6-10-18)16-11-17-7-3-1-4-8-17/h1-16H,(H,25,26)/b16-11+,24-21+. The van der Waals surface area contributed by atoms with Crippen LogP contribution in [0.15, 0.2) is 96.1 Å². The highest BCUT2D eigenvalue weighted by atomic mass is 35.5. The van der Waals surface area contributed by atoms with E-state index in [-0.39, 0.29) is 5.91 Å². The minimum atomic E-state index is -0.289. The molecule has 0 aromatic heterocycles. The molecule has 0 aliphatic rings. The number of carbonyl (C=O) groups is 1. The van der Waals surface area contributed by atoms with Crippen LogP contribution in [0.25, 0.3) is 6.08 Å². The summed E-state index contributed by atoms with van der Waals surface area (Å²) in [4.78, 5) is 12.3. The summed E-state index contributed by atoms with van der Waals surface area (Å²) >= 11 is 5.85. The molecule has 0 spiro atoms. The van der Waals surface area contributed by atoms with Gasteiger partial charge in [-0.2, -0.15) is 5.10 Å². The van der Waals surface area contributed by atoms with Gasteiger partial charge in [0.05, 0.1) is 5.71 Å². The average Bonchev–Trinajstić information content (AvgIpc) is 2.70. The Morgan fingerprint density at radius 3 is 2.08 bits per heavy atom. The number of allylic oxidation sites excluding steroid dienone is 1. The number of halogens is 1. The lowest BCUT2D eigenvalue weighted by Gasteiger charge is -2.04. The summed E-state index contributed by atoms with van der Waals surface area (Å²) in [5, 5.41) is 4.89. The van der Waals surface area contributed by atoms with Crippen LogP contribution >= 0.6 is 11.6 Å². The maximum Gasteiger partial charge on any atom is 0.271 e. The van der Waals surface area contributed by atoms with Gasteiger partial charge < -0.3 is 0 Å². The second-order valence-corrected chi connectivity index (χ2v) is 5.99. The molecule has 1 N–H and O–H groups in total. The maximum atomic E-state index is 12.3. The van der Waals surface area contributed by atoms with Crippen LogP contribution < -0.4 is 5.43 Å². The molecule has 26 heavy (non-hydrogen) atoms. The number of carbonyl (C=O) groups excluding carboxylic acids is 1. The van der Waals surface area contributed by atoms with Gasteiger partial charge in [0.25, 0.3) is 5.91 Å². The molecule has 0 saturated heterocycles. The Labute approximate surface area is 157 Å². The molecule has 3 nitrogen and oxygen atoms in total. The Bertz CT molecular complexity index is 917. The molecule has 0 aliphatic carbocycles. The summed E-state index contributed by atoms with van der Waals surface area (Å²) in [7, 11) is 0. The monoisotopic (exact) mass is 360 g/mol. The number of hydrogen-bond acceptors (Lipinski definition) is 2. The van der Waals surface area contributed by atoms with Crippen molar-refractivity contribution in [1.29, 1.82) is 0 Å². The van der Waals surface area contributed by atoms with Crippen molar-refractivity contribution in [2.75, 3.05) is 0 Å². The summed E-state index contributed by atoms with van der Waals surface area (Å²) in [6.45, 7) is 0. The molecule has 3 rings (SSSR count). The van der Waals surface area contributed by atoms with Crippen molar-refractivity contribution >= 4 is 29.3 Å². The van der Waals surface area contributed by atoms with E-state index in [1.54, 1.807) is 24.3 Å². The van der Waals surface area contributed by atoms with Gasteiger partial charge in [0.15, 0.2) is 0 Å². The van der Waals surface area contributed by atoms with Crippen LogP contribution in [-0.4, -0.2) is 11.6 Å². The Kier molecular flexibility index (Phi) is 5.96. The fourth-order valence-corrected chi connectivity index (χ4v) is 2.45. The van der Waals surface area contributed by atoms with Gasteiger partial charge in [0.1, 0.15) is 0 Å². The van der Waals surface area contributed by atoms with Crippen molar-refractivity contribution in [3.05, 3.63) is 113 Å². The molecule has 0 bridgehead atoms. The van der Waals surface area contributed by atoms with E-state index in [1.165, 1.54) is 0 Å². The van der Waals surface area contributed by atoms with Crippen molar-refractivity contribution in [1.82, 2.24) is 5.43 Å². The molecule has 0 aliphatic heterocycles. The first kappa shape index (κ1) is 17.6. The van der Waals surface area contributed by atoms with Crippen LogP contribution in [-0.2, 0) is 0 Å². The molecule has 4 heteroatoms. The molecule has 0 saturated carbocycles. The van der Waals surface area contributed by atoms with Crippen molar-refractivity contribution in [3.63, 3.8) is 0 Å². The molecular weight excluding hydrogens is 344 g/mol. The molecule has 0 unspecified atom stereocenters. The van der Waals surface area contributed by atoms with E-state index in [9.17, 15) is 4.79 Å². The summed E-state index contributed by atoms with van der Waals surface area (Å²) in [5.41, 5.74) is 5.74. The molecule has 128 valence electrons. The van der Waals surface area contributed by atoms with Crippen molar-refractivity contribution in [2.24, 2.45) is 5.10 Å². The summed E-state index contributed by atoms with van der Waals surface area (Å²) < 4.78 is 0. The Morgan fingerprint density at radius 1 is 0.808 bits per heavy atom. The second-order valence-electron chi connectivity index (χ2n) is 5.55. The zero-order valence-electron chi connectivity index (χ0n) is 14.0. The molecule has 1 amide bonds. The Hall–Kier alpha value is -3.17. The van der Waals surface area contributed by atoms with E-state index in [1.807, 2.05) is 72.8 Å². The molecule has 0 heterocycles. The number of nitrogens with one attached hydrogen (secondary N) is 1. The second kappa shape index (κ2) is 8.79. The van der Waals surface area contributed by atoms with Gasteiger partial charge in [0, 0.05) is 16.1 Å². The van der Waals surface area contributed by atoms with E-state index in [0.29, 0.717) is 16.3 Å². The predicted molar refractivity (Wildman–Crippen MR) is 107 cm³/mol. The van der Waals surface area contributed by atoms with Crippen molar-refractivity contribution in [3.8, 4) is 0 Å². The fourth-order valence-electron chi connectivity index (χ4n) is 2.32. The number of hydrogen-bond donors (Lipinski definition) is 1. The highest BCUT2D eigenvalue weighted by molar-refractivity contribution is 6.30. The van der Waals surface area contributed by atoms with E-state index in [4.69, 9.17) is 11.6 Å². The zero-order chi connectivity index (χ0) is 18.2. The highest BCUT2D eigenvalue weighted by Crippen LogP contribution is 2.10. The average molecular weight is 361 g/mol. The lowest BCUT2D eigenvalue weighted by atomic mass is 10.1. The fraction of sp³-hybridized carbons (Fsp3) is 0. The first-order valence-electron chi connectivity index (χ1n) is 8.14. The van der Waals surface area contributed by atoms with Crippen LogP contribution in [0.4, 0.5) is 0 Å². The summed E-state index contributed by atoms with van der Waals surface area (Å²) in [5.74, 6) is -0.289. The Morgan fingerprint density at radius 2 is 1.42 bits per heavy atom. The molecule has 0 fully saturated rings. The molecular formula is C22H17ClN2O. The van der Waals surface area contributed by atoms with E-state index < -0.39 is 0 Å². The quantitative estimate of drug-likeness (QED) is 0.494. The van der Waals surface area contributed by atoms with Gasteiger partial charge in [-0.3, -0.25) is 4.79 Å². The zero-order valence-corrected chi connectivity index (χ0v) is 14.7. The molecule has 0 atom stereocenters. The van der Waals surface area contributed by atoms with Crippen LogP contribution in [0.5, 0.6) is 0 Å². The van der Waals surface area contributed by atoms with Crippen LogP contribution in [0, 0.1) is 0 Å². The van der Waals surface area contributed by atoms with E-state index in [2.05, 4.69) is 10.5 Å². The summed E-state index contributed by atoms with van der Waals surface area (Å²) in [6, 6.07) is 26.3. The number of amides is 1. The lowest BCUT2D eigenvalue weighted by molar-refractivity contribution is 0.0955. The van der Waals surface area contributed by atoms with Crippen LogP contribution in [0.1, 0.15) is 21.5 Å². The third kappa shape index (κ3) is 4.91. The van der Waals surface area contributed by atoms with Crippen molar-refractivity contribution < 1.29 is 4.79 Å². The first-order valence-corrected chi connectivity index (χ1v) is 8.52. The van der Waals surface area contributed by atoms with Crippen molar-refractivity contribution in [2.45, 2.75) is 0 Å². The van der Waals surface area contributed by atoms with Gasteiger partial charge in [-0.1, -0.05) is 78.3 Å². The smallest absolute Gasteiger partial charge is 0.267 e. The number of rotatable bonds is 5. The number of benzene rings is 3. The predicted octanol–water partition coefficient (Wildman–Crippen LogP) is 5.19. The minimum Gasteiger partial charge on any atom is -0.267 e. The third-order valence-corrected chi connectivity index (χ3v) is 3.94. The van der Waals surface area contributed by atoms with E-state index >= 15 is 0 Å². The van der Waals surface area contributed by atoms with Crippen LogP contribution in [0.3, 0.4) is 0 Å². The minimum absolute atomic E-state index is 0.289. The highest BCUT2D eigenvalue weighted by Gasteiger charge is 2.05. The van der Waals surface area contributed by atoms with Gasteiger partial charge in [-0.05, 0) is 35.9 Å². The topological polar surface area (TPSA) is 41.5 Å². The van der Waals surface area contributed by atoms with Gasteiger partial charge in [-0.25, -0.2) is 5.43 Å². The number of hydrazone groups is 1. The summed E-state index contributed by atoms with van der Waals surface area (Å²) in [6.07, 6.45) is 3.84. The largest absolute Gasteiger partial charge is 0.271 e. The molecule has 3 aromatic carbocycles. The Balaban J connectivity index is 1.83. The molecule has 0 radical (unpaired) electrons. The van der Waals surface area contributed by atoms with E-state index in [0.717, 1.165) is 11.1 Å². The molecule has 3 aromatic rings. The van der Waals surface area contributed by atoms with Gasteiger partial charge in [-0.15, -0.1) is 0 Å². The normalized spacial score (nSPS) is 11.5. The third-order valence-electron chi connectivity index (χ3n) is 3.69. The number of nitrogens with zero attached hydrogens (tertiary/aromatic N) is 1. The SMILES string of the molecule is O=C(N/N=C(\C=C\c1ccccc1)c1ccccc1)c1ccc(Cl)cc1. The maximum absolute atomic E-state index is 12.3. The first-order chi connectivity index (χ1) is 12.7. The van der Waals surface area contributed by atoms with Gasteiger partial charge >= 0.3 is 0 Å². The van der Waals surface area contributed by atoms with Gasteiger partial charge in [0.2, 0.25) is 0 Å². The lowest BCUT2D eigenvalue weighted by Crippen LogP contribution is -2.19.